The summed E-state index contributed by atoms with van der Waals surface area (Å²) in [6, 6.07) is 17.1. The molecule has 0 bridgehead atoms. The molecule has 0 aliphatic rings. The van der Waals surface area contributed by atoms with Gasteiger partial charge in [-0.1, -0.05) is 12.8 Å². The number of rotatable bonds is 9. The summed E-state index contributed by atoms with van der Waals surface area (Å²) in [4.78, 5) is 23.9. The zero-order chi connectivity index (χ0) is 20.2. The number of unbranched alkanes of at least 4 members (excludes halogenated alkanes) is 3. The van der Waals surface area contributed by atoms with Crippen LogP contribution in [0.5, 0.6) is 0 Å². The highest BCUT2D eigenvalue weighted by atomic mass is 16.2. The van der Waals surface area contributed by atoms with Crippen molar-refractivity contribution in [1.29, 1.82) is 10.5 Å². The summed E-state index contributed by atoms with van der Waals surface area (Å²) in [6.45, 7) is 1.19. The number of carbonyl (C=O) groups is 2. The second kappa shape index (κ2) is 11.2. The highest BCUT2D eigenvalue weighted by molar-refractivity contribution is 5.94. The van der Waals surface area contributed by atoms with Gasteiger partial charge in [0.25, 0.3) is 11.8 Å². The van der Waals surface area contributed by atoms with Gasteiger partial charge in [0.2, 0.25) is 0 Å². The minimum absolute atomic E-state index is 0.140. The number of benzene rings is 2. The van der Waals surface area contributed by atoms with Crippen molar-refractivity contribution >= 4 is 11.8 Å². The van der Waals surface area contributed by atoms with Gasteiger partial charge in [0.05, 0.1) is 23.3 Å². The zero-order valence-corrected chi connectivity index (χ0v) is 15.6. The summed E-state index contributed by atoms with van der Waals surface area (Å²) in [5, 5.41) is 23.2. The lowest BCUT2D eigenvalue weighted by atomic mass is 10.1. The fourth-order valence-corrected chi connectivity index (χ4v) is 2.60. The number of hydrogen-bond donors (Lipinski definition) is 2. The zero-order valence-electron chi connectivity index (χ0n) is 15.6. The molecular weight excluding hydrogens is 352 g/mol. The first-order valence-electron chi connectivity index (χ1n) is 9.21. The van der Waals surface area contributed by atoms with Crippen LogP contribution in [-0.2, 0) is 0 Å². The second-order valence-electron chi connectivity index (χ2n) is 6.30. The topological polar surface area (TPSA) is 106 Å². The lowest BCUT2D eigenvalue weighted by Gasteiger charge is -2.07. The minimum Gasteiger partial charge on any atom is -0.352 e. The highest BCUT2D eigenvalue weighted by Gasteiger charge is 2.05. The molecule has 0 saturated carbocycles. The van der Waals surface area contributed by atoms with E-state index in [1.165, 1.54) is 0 Å². The van der Waals surface area contributed by atoms with Crippen LogP contribution in [0.25, 0.3) is 0 Å². The second-order valence-corrected chi connectivity index (χ2v) is 6.30. The van der Waals surface area contributed by atoms with E-state index in [0.29, 0.717) is 35.3 Å². The molecule has 0 aliphatic carbocycles. The molecule has 0 radical (unpaired) electrons. The van der Waals surface area contributed by atoms with E-state index in [-0.39, 0.29) is 11.8 Å². The Balaban J connectivity index is 1.54. The van der Waals surface area contributed by atoms with Crippen molar-refractivity contribution in [2.45, 2.75) is 25.7 Å². The number of amides is 2. The Morgan fingerprint density at radius 1 is 0.643 bits per heavy atom. The third kappa shape index (κ3) is 6.59. The van der Waals surface area contributed by atoms with Crippen molar-refractivity contribution < 1.29 is 9.59 Å². The summed E-state index contributed by atoms with van der Waals surface area (Å²) in [7, 11) is 0. The van der Waals surface area contributed by atoms with E-state index in [1.54, 1.807) is 48.5 Å². The number of nitriles is 2. The van der Waals surface area contributed by atoms with Gasteiger partial charge in [0, 0.05) is 24.2 Å². The summed E-state index contributed by atoms with van der Waals surface area (Å²) in [5.41, 5.74) is 2.15. The standard InChI is InChI=1S/C22H22N4O2/c23-15-17-5-9-19(10-6-17)21(27)25-13-3-1-2-4-14-26-22(28)20-11-7-18(16-24)8-12-20/h5-12H,1-4,13-14H2,(H,25,27)(H,26,28). The van der Waals surface area contributed by atoms with Crippen LogP contribution >= 0.6 is 0 Å². The van der Waals surface area contributed by atoms with E-state index >= 15 is 0 Å². The maximum atomic E-state index is 12.0. The van der Waals surface area contributed by atoms with E-state index in [0.717, 1.165) is 25.7 Å². The van der Waals surface area contributed by atoms with Crippen molar-refractivity contribution in [2.75, 3.05) is 13.1 Å². The molecule has 0 saturated heterocycles. The maximum Gasteiger partial charge on any atom is 0.251 e. The van der Waals surface area contributed by atoms with Crippen LogP contribution in [0.2, 0.25) is 0 Å². The van der Waals surface area contributed by atoms with E-state index in [2.05, 4.69) is 10.6 Å². The molecule has 0 heterocycles. The first-order chi connectivity index (χ1) is 13.6. The Morgan fingerprint density at radius 3 is 1.32 bits per heavy atom. The molecule has 0 unspecified atom stereocenters. The van der Waals surface area contributed by atoms with Crippen molar-refractivity contribution in [3.05, 3.63) is 70.8 Å². The van der Waals surface area contributed by atoms with Gasteiger partial charge < -0.3 is 10.6 Å². The first-order valence-corrected chi connectivity index (χ1v) is 9.21. The Morgan fingerprint density at radius 2 is 1.00 bits per heavy atom. The molecule has 0 atom stereocenters. The van der Waals surface area contributed by atoms with E-state index in [9.17, 15) is 9.59 Å². The van der Waals surface area contributed by atoms with Gasteiger partial charge in [-0.3, -0.25) is 9.59 Å². The SMILES string of the molecule is N#Cc1ccc(C(=O)NCCCCCCNC(=O)c2ccc(C#N)cc2)cc1. The van der Waals surface area contributed by atoms with Gasteiger partial charge in [-0.25, -0.2) is 0 Å². The van der Waals surface area contributed by atoms with Gasteiger partial charge in [-0.05, 0) is 61.4 Å². The average molecular weight is 374 g/mol. The molecule has 2 aromatic carbocycles. The van der Waals surface area contributed by atoms with Crippen molar-refractivity contribution in [3.63, 3.8) is 0 Å². The van der Waals surface area contributed by atoms with E-state index in [4.69, 9.17) is 10.5 Å². The predicted octanol–water partition coefficient (Wildman–Crippen LogP) is 3.15. The van der Waals surface area contributed by atoms with Crippen LogP contribution in [0.4, 0.5) is 0 Å². The van der Waals surface area contributed by atoms with Crippen LogP contribution in [0.15, 0.2) is 48.5 Å². The summed E-state index contributed by atoms with van der Waals surface area (Å²) in [6.07, 6.45) is 3.65. The van der Waals surface area contributed by atoms with Gasteiger partial charge in [0.15, 0.2) is 0 Å². The smallest absolute Gasteiger partial charge is 0.251 e. The normalized spacial score (nSPS) is 9.79. The van der Waals surface area contributed by atoms with Crippen LogP contribution in [-0.4, -0.2) is 24.9 Å². The Hall–Kier alpha value is -3.64. The Labute approximate surface area is 164 Å². The summed E-state index contributed by atoms with van der Waals surface area (Å²) in [5.74, 6) is -0.279. The quantitative estimate of drug-likeness (QED) is 0.658. The van der Waals surface area contributed by atoms with Crippen LogP contribution < -0.4 is 10.6 Å². The number of nitrogens with one attached hydrogen (secondary N) is 2. The Bertz CT molecular complexity index is 799. The van der Waals surface area contributed by atoms with Crippen molar-refractivity contribution in [2.24, 2.45) is 0 Å². The summed E-state index contributed by atoms with van der Waals surface area (Å²) >= 11 is 0. The monoisotopic (exact) mass is 374 g/mol. The van der Waals surface area contributed by atoms with Gasteiger partial charge in [-0.2, -0.15) is 10.5 Å². The van der Waals surface area contributed by atoms with Crippen LogP contribution in [0.1, 0.15) is 57.5 Å². The highest BCUT2D eigenvalue weighted by Crippen LogP contribution is 2.05. The van der Waals surface area contributed by atoms with Crippen LogP contribution in [0.3, 0.4) is 0 Å². The third-order valence-corrected chi connectivity index (χ3v) is 4.23. The molecule has 142 valence electrons. The molecule has 6 heteroatoms. The van der Waals surface area contributed by atoms with E-state index in [1.807, 2.05) is 12.1 Å². The first kappa shape index (κ1) is 20.7. The molecule has 2 amide bonds. The largest absolute Gasteiger partial charge is 0.352 e. The van der Waals surface area contributed by atoms with E-state index < -0.39 is 0 Å². The Kier molecular flexibility index (Phi) is 8.23. The lowest BCUT2D eigenvalue weighted by molar-refractivity contribution is 0.0943. The molecule has 2 rings (SSSR count). The van der Waals surface area contributed by atoms with Crippen molar-refractivity contribution in [1.82, 2.24) is 10.6 Å². The molecule has 2 N–H and O–H groups in total. The molecule has 0 spiro atoms. The summed E-state index contributed by atoms with van der Waals surface area (Å²) < 4.78 is 0. The molecule has 0 aromatic heterocycles. The minimum atomic E-state index is -0.140. The molecule has 0 fully saturated rings. The third-order valence-electron chi connectivity index (χ3n) is 4.23. The molecule has 6 nitrogen and oxygen atoms in total. The predicted molar refractivity (Wildman–Crippen MR) is 105 cm³/mol. The fourth-order valence-electron chi connectivity index (χ4n) is 2.60. The molecule has 0 aliphatic heterocycles. The number of nitrogens with zero attached hydrogens (tertiary/aromatic N) is 2. The molecule has 28 heavy (non-hydrogen) atoms. The fraction of sp³-hybridized carbons (Fsp3) is 0.273. The van der Waals surface area contributed by atoms with Crippen LogP contribution in [0, 0.1) is 22.7 Å². The van der Waals surface area contributed by atoms with Crippen molar-refractivity contribution in [3.8, 4) is 12.1 Å². The average Bonchev–Trinajstić information content (AvgIpc) is 2.75. The molecular formula is C22H22N4O2. The van der Waals surface area contributed by atoms with Gasteiger partial charge in [-0.15, -0.1) is 0 Å². The van der Waals surface area contributed by atoms with Gasteiger partial charge in [0.1, 0.15) is 0 Å². The number of carbonyl (C=O) groups excluding carboxylic acids is 2. The lowest BCUT2D eigenvalue weighted by Crippen LogP contribution is -2.25. The molecule has 2 aromatic rings. The number of hydrogen-bond acceptors (Lipinski definition) is 4. The van der Waals surface area contributed by atoms with Gasteiger partial charge >= 0.3 is 0 Å². The maximum absolute atomic E-state index is 12.0.